The van der Waals surface area contributed by atoms with Crippen LogP contribution in [0.25, 0.3) is 0 Å². The summed E-state index contributed by atoms with van der Waals surface area (Å²) >= 11 is 0. The first-order valence-corrected chi connectivity index (χ1v) is 10.7. The molecule has 2 N–H and O–H groups in total. The van der Waals surface area contributed by atoms with E-state index >= 15 is 0 Å². The third kappa shape index (κ3) is 4.16. The highest BCUT2D eigenvalue weighted by Crippen LogP contribution is 2.29. The molecule has 3 aliphatic rings. The zero-order chi connectivity index (χ0) is 19.5. The van der Waals surface area contributed by atoms with E-state index < -0.39 is 0 Å². The molecule has 2 aliphatic heterocycles. The summed E-state index contributed by atoms with van der Waals surface area (Å²) in [5.41, 5.74) is 1.12. The second-order valence-electron chi connectivity index (χ2n) is 8.42. The molecule has 28 heavy (non-hydrogen) atoms. The topological polar surface area (TPSA) is 82.5 Å². The highest BCUT2D eigenvalue weighted by molar-refractivity contribution is 5.81. The minimum atomic E-state index is -0.0492. The standard InChI is InChI=1S/C20H32N6O2/c1-24-14-15(11-22-24)17-12-21-13-18(17)19(27)25-7-9-26(10-8-25)20(28)23-16-5-3-2-4-6-16/h11,14,16-18,21H,2-10,12-13H2,1H3,(H,23,28)/t17-,18+/m1/s1. The molecule has 1 aliphatic carbocycles. The monoisotopic (exact) mass is 388 g/mol. The maximum Gasteiger partial charge on any atom is 0.317 e. The van der Waals surface area contributed by atoms with Gasteiger partial charge in [0.15, 0.2) is 0 Å². The summed E-state index contributed by atoms with van der Waals surface area (Å²) in [7, 11) is 1.90. The molecule has 0 spiro atoms. The molecule has 3 heterocycles. The number of carbonyl (C=O) groups excluding carboxylic acids is 2. The number of aromatic nitrogens is 2. The van der Waals surface area contributed by atoms with Crippen molar-refractivity contribution in [2.75, 3.05) is 39.3 Å². The molecular formula is C20H32N6O2. The van der Waals surface area contributed by atoms with Gasteiger partial charge in [0.1, 0.15) is 0 Å². The number of hydrogen-bond donors (Lipinski definition) is 2. The van der Waals surface area contributed by atoms with Crippen LogP contribution in [0.4, 0.5) is 4.79 Å². The van der Waals surface area contributed by atoms with Gasteiger partial charge >= 0.3 is 6.03 Å². The van der Waals surface area contributed by atoms with E-state index in [1.54, 1.807) is 4.68 Å². The Bertz CT molecular complexity index is 691. The summed E-state index contributed by atoms with van der Waals surface area (Å²) in [6.07, 6.45) is 9.75. The number of hydrogen-bond acceptors (Lipinski definition) is 4. The average Bonchev–Trinajstić information content (AvgIpc) is 3.37. The van der Waals surface area contributed by atoms with Crippen molar-refractivity contribution < 1.29 is 9.59 Å². The van der Waals surface area contributed by atoms with Crippen molar-refractivity contribution >= 4 is 11.9 Å². The first kappa shape index (κ1) is 19.2. The van der Waals surface area contributed by atoms with Crippen LogP contribution in [-0.4, -0.2) is 76.8 Å². The van der Waals surface area contributed by atoms with Gasteiger partial charge in [-0.1, -0.05) is 19.3 Å². The molecule has 3 amide bonds. The highest BCUT2D eigenvalue weighted by atomic mass is 16.2. The smallest absolute Gasteiger partial charge is 0.317 e. The summed E-state index contributed by atoms with van der Waals surface area (Å²) in [6, 6.07) is 0.362. The summed E-state index contributed by atoms with van der Waals surface area (Å²) in [5.74, 6) is 0.326. The van der Waals surface area contributed by atoms with E-state index in [0.29, 0.717) is 38.8 Å². The van der Waals surface area contributed by atoms with Crippen molar-refractivity contribution in [3.05, 3.63) is 18.0 Å². The van der Waals surface area contributed by atoms with E-state index in [9.17, 15) is 9.59 Å². The van der Waals surface area contributed by atoms with Crippen LogP contribution in [0, 0.1) is 5.92 Å². The Morgan fingerprint density at radius 1 is 1.07 bits per heavy atom. The summed E-state index contributed by atoms with van der Waals surface area (Å²) < 4.78 is 1.79. The number of urea groups is 1. The highest BCUT2D eigenvalue weighted by Gasteiger charge is 2.38. The van der Waals surface area contributed by atoms with Crippen molar-refractivity contribution in [2.24, 2.45) is 13.0 Å². The van der Waals surface area contributed by atoms with Gasteiger partial charge in [0.05, 0.1) is 12.1 Å². The first-order chi connectivity index (χ1) is 13.6. The minimum Gasteiger partial charge on any atom is -0.339 e. The second-order valence-corrected chi connectivity index (χ2v) is 8.42. The second kappa shape index (κ2) is 8.51. The SMILES string of the molecule is Cn1cc([C@H]2CNC[C@@H]2C(=O)N2CCN(C(=O)NC3CCCCC3)CC2)cn1. The minimum absolute atomic E-state index is 0.0368. The Kier molecular flexibility index (Phi) is 5.85. The molecule has 1 aromatic heterocycles. The van der Waals surface area contributed by atoms with Crippen LogP contribution in [0.3, 0.4) is 0 Å². The van der Waals surface area contributed by atoms with Crippen molar-refractivity contribution in [1.82, 2.24) is 30.2 Å². The predicted octanol–water partition coefficient (Wildman–Crippen LogP) is 0.910. The number of rotatable bonds is 3. The lowest BCUT2D eigenvalue weighted by molar-refractivity contribution is -0.136. The third-order valence-corrected chi connectivity index (χ3v) is 6.50. The van der Waals surface area contributed by atoms with Gasteiger partial charge in [-0.3, -0.25) is 9.48 Å². The van der Waals surface area contributed by atoms with Gasteiger partial charge in [0, 0.05) is 64.5 Å². The molecule has 0 bridgehead atoms. The fraction of sp³-hybridized carbons (Fsp3) is 0.750. The fourth-order valence-electron chi connectivity index (χ4n) is 4.80. The van der Waals surface area contributed by atoms with E-state index in [1.807, 2.05) is 29.2 Å². The predicted molar refractivity (Wildman–Crippen MR) is 106 cm³/mol. The van der Waals surface area contributed by atoms with Crippen LogP contribution in [0.15, 0.2) is 12.4 Å². The molecule has 1 saturated carbocycles. The number of piperazine rings is 1. The van der Waals surface area contributed by atoms with Gasteiger partial charge < -0.3 is 20.4 Å². The Morgan fingerprint density at radius 3 is 2.46 bits per heavy atom. The first-order valence-electron chi connectivity index (χ1n) is 10.7. The molecule has 0 unspecified atom stereocenters. The molecule has 8 heteroatoms. The number of nitrogens with one attached hydrogen (secondary N) is 2. The summed E-state index contributed by atoms with van der Waals surface area (Å²) in [5, 5.41) is 10.8. The van der Waals surface area contributed by atoms with E-state index in [-0.39, 0.29) is 23.8 Å². The molecular weight excluding hydrogens is 356 g/mol. The molecule has 1 aromatic rings. The molecule has 8 nitrogen and oxygen atoms in total. The Labute approximate surface area is 166 Å². The number of nitrogens with zero attached hydrogens (tertiary/aromatic N) is 4. The van der Waals surface area contributed by atoms with Crippen LogP contribution in [0.5, 0.6) is 0 Å². The average molecular weight is 389 g/mol. The van der Waals surface area contributed by atoms with Gasteiger partial charge in [-0.25, -0.2) is 4.79 Å². The normalized spacial score (nSPS) is 26.5. The fourth-order valence-corrected chi connectivity index (χ4v) is 4.80. The van der Waals surface area contributed by atoms with Crippen LogP contribution < -0.4 is 10.6 Å². The largest absolute Gasteiger partial charge is 0.339 e. The summed E-state index contributed by atoms with van der Waals surface area (Å²) in [6.45, 7) is 3.98. The van der Waals surface area contributed by atoms with Crippen LogP contribution in [0.2, 0.25) is 0 Å². The third-order valence-electron chi connectivity index (χ3n) is 6.50. The lowest BCUT2D eigenvalue weighted by atomic mass is 9.89. The number of aryl methyl sites for hydroxylation is 1. The molecule has 2 saturated heterocycles. The lowest BCUT2D eigenvalue weighted by Crippen LogP contribution is -2.55. The van der Waals surface area contributed by atoms with E-state index in [2.05, 4.69) is 15.7 Å². The van der Waals surface area contributed by atoms with E-state index in [0.717, 1.165) is 24.9 Å². The molecule has 0 radical (unpaired) electrons. The quantitative estimate of drug-likeness (QED) is 0.806. The lowest BCUT2D eigenvalue weighted by Gasteiger charge is -2.37. The maximum absolute atomic E-state index is 13.1. The zero-order valence-corrected chi connectivity index (χ0v) is 16.8. The van der Waals surface area contributed by atoms with E-state index in [4.69, 9.17) is 0 Å². The van der Waals surface area contributed by atoms with Crippen molar-refractivity contribution in [3.8, 4) is 0 Å². The van der Waals surface area contributed by atoms with Crippen molar-refractivity contribution in [2.45, 2.75) is 44.1 Å². The van der Waals surface area contributed by atoms with E-state index in [1.165, 1.54) is 19.3 Å². The Morgan fingerprint density at radius 2 is 1.79 bits per heavy atom. The number of carbonyl (C=O) groups is 2. The van der Waals surface area contributed by atoms with Gasteiger partial charge in [-0.2, -0.15) is 5.10 Å². The maximum atomic E-state index is 13.1. The molecule has 3 fully saturated rings. The van der Waals surface area contributed by atoms with Crippen molar-refractivity contribution in [1.29, 1.82) is 0 Å². The molecule has 2 atom stereocenters. The molecule has 4 rings (SSSR count). The molecule has 0 aromatic carbocycles. The van der Waals surface area contributed by atoms with Gasteiger partial charge in [-0.15, -0.1) is 0 Å². The summed E-state index contributed by atoms with van der Waals surface area (Å²) in [4.78, 5) is 29.5. The zero-order valence-electron chi connectivity index (χ0n) is 16.8. The Hall–Kier alpha value is -2.09. The molecule has 154 valence electrons. The van der Waals surface area contributed by atoms with Crippen LogP contribution >= 0.6 is 0 Å². The number of amides is 3. The van der Waals surface area contributed by atoms with Crippen LogP contribution in [-0.2, 0) is 11.8 Å². The van der Waals surface area contributed by atoms with Gasteiger partial charge in [-0.05, 0) is 18.4 Å². The van der Waals surface area contributed by atoms with Crippen LogP contribution in [0.1, 0.15) is 43.6 Å². The van der Waals surface area contributed by atoms with Crippen molar-refractivity contribution in [3.63, 3.8) is 0 Å². The Balaban J connectivity index is 1.29. The van der Waals surface area contributed by atoms with Gasteiger partial charge in [0.2, 0.25) is 5.91 Å². The van der Waals surface area contributed by atoms with Gasteiger partial charge in [0.25, 0.3) is 0 Å².